The number of hydrogen-bond acceptors (Lipinski definition) is 4. The molecule has 0 amide bonds. The fourth-order valence-corrected chi connectivity index (χ4v) is 1.87. The summed E-state index contributed by atoms with van der Waals surface area (Å²) in [6, 6.07) is 1.74. The van der Waals surface area contributed by atoms with Crippen molar-refractivity contribution in [2.24, 2.45) is 7.05 Å². The van der Waals surface area contributed by atoms with Gasteiger partial charge in [-0.25, -0.2) is 9.97 Å². The van der Waals surface area contributed by atoms with Crippen LogP contribution in [0.2, 0.25) is 5.15 Å². The van der Waals surface area contributed by atoms with Gasteiger partial charge in [0, 0.05) is 37.9 Å². The molecule has 0 radical (unpaired) electrons. The van der Waals surface area contributed by atoms with Gasteiger partial charge in [0.15, 0.2) is 0 Å². The number of aromatic nitrogens is 4. The standard InChI is InChI=1S/C12H15ClN4O/c1-8(7-18-3)12-15-10(4-11(13)16-12)9-5-14-17(2)6-9/h4-6,8H,7H2,1-3H3. The molecule has 0 spiro atoms. The minimum atomic E-state index is 0.101. The highest BCUT2D eigenvalue weighted by Crippen LogP contribution is 2.22. The third kappa shape index (κ3) is 2.86. The van der Waals surface area contributed by atoms with Crippen LogP contribution in [0, 0.1) is 0 Å². The lowest BCUT2D eigenvalue weighted by atomic mass is 10.1. The number of nitrogens with zero attached hydrogens (tertiary/aromatic N) is 4. The van der Waals surface area contributed by atoms with Gasteiger partial charge in [-0.15, -0.1) is 0 Å². The van der Waals surface area contributed by atoms with Gasteiger partial charge in [-0.05, 0) is 0 Å². The van der Waals surface area contributed by atoms with E-state index in [9.17, 15) is 0 Å². The Balaban J connectivity index is 2.37. The van der Waals surface area contributed by atoms with Crippen LogP contribution in [0.15, 0.2) is 18.5 Å². The SMILES string of the molecule is COCC(C)c1nc(Cl)cc(-c2cnn(C)c2)n1. The molecule has 0 saturated carbocycles. The summed E-state index contributed by atoms with van der Waals surface area (Å²) in [5.74, 6) is 0.785. The minimum Gasteiger partial charge on any atom is -0.384 e. The molecule has 1 atom stereocenters. The van der Waals surface area contributed by atoms with Gasteiger partial charge >= 0.3 is 0 Å². The van der Waals surface area contributed by atoms with E-state index in [1.165, 1.54) is 0 Å². The maximum atomic E-state index is 6.03. The van der Waals surface area contributed by atoms with Crippen molar-refractivity contribution < 1.29 is 4.74 Å². The van der Waals surface area contributed by atoms with Gasteiger partial charge in [-0.1, -0.05) is 18.5 Å². The summed E-state index contributed by atoms with van der Waals surface area (Å²) in [7, 11) is 3.52. The summed E-state index contributed by atoms with van der Waals surface area (Å²) >= 11 is 6.03. The van der Waals surface area contributed by atoms with E-state index in [0.717, 1.165) is 11.3 Å². The summed E-state index contributed by atoms with van der Waals surface area (Å²) in [6.07, 6.45) is 3.65. The molecule has 0 aliphatic rings. The van der Waals surface area contributed by atoms with Crippen LogP contribution in [-0.2, 0) is 11.8 Å². The lowest BCUT2D eigenvalue weighted by Crippen LogP contribution is -2.07. The van der Waals surface area contributed by atoms with Crippen molar-refractivity contribution in [2.75, 3.05) is 13.7 Å². The van der Waals surface area contributed by atoms with Crippen molar-refractivity contribution in [3.8, 4) is 11.3 Å². The second-order valence-electron chi connectivity index (χ2n) is 4.19. The molecule has 6 heteroatoms. The first-order valence-corrected chi connectivity index (χ1v) is 6.00. The first-order chi connectivity index (χ1) is 8.60. The van der Waals surface area contributed by atoms with E-state index in [0.29, 0.717) is 17.6 Å². The van der Waals surface area contributed by atoms with Crippen LogP contribution in [0.1, 0.15) is 18.7 Å². The Bertz CT molecular complexity index is 541. The monoisotopic (exact) mass is 266 g/mol. The fraction of sp³-hybridized carbons (Fsp3) is 0.417. The zero-order valence-corrected chi connectivity index (χ0v) is 11.3. The van der Waals surface area contributed by atoms with E-state index in [1.54, 1.807) is 24.1 Å². The van der Waals surface area contributed by atoms with Crippen molar-refractivity contribution in [3.05, 3.63) is 29.4 Å². The Kier molecular flexibility index (Phi) is 3.93. The quantitative estimate of drug-likeness (QED) is 0.797. The molecule has 0 N–H and O–H groups in total. The van der Waals surface area contributed by atoms with Gasteiger partial charge in [0.25, 0.3) is 0 Å². The molecule has 0 aliphatic heterocycles. The molecule has 0 aromatic carbocycles. The highest BCUT2D eigenvalue weighted by Gasteiger charge is 2.12. The van der Waals surface area contributed by atoms with Gasteiger partial charge in [-0.2, -0.15) is 5.10 Å². The summed E-state index contributed by atoms with van der Waals surface area (Å²) in [5.41, 5.74) is 1.70. The van der Waals surface area contributed by atoms with Crippen molar-refractivity contribution in [1.29, 1.82) is 0 Å². The molecule has 1 unspecified atom stereocenters. The topological polar surface area (TPSA) is 52.8 Å². The van der Waals surface area contributed by atoms with Crippen molar-refractivity contribution in [3.63, 3.8) is 0 Å². The van der Waals surface area contributed by atoms with Crippen LogP contribution in [0.5, 0.6) is 0 Å². The molecule has 96 valence electrons. The van der Waals surface area contributed by atoms with Crippen LogP contribution in [0.3, 0.4) is 0 Å². The van der Waals surface area contributed by atoms with E-state index in [2.05, 4.69) is 15.1 Å². The molecule has 2 rings (SSSR count). The van der Waals surface area contributed by atoms with E-state index in [1.807, 2.05) is 20.2 Å². The lowest BCUT2D eigenvalue weighted by molar-refractivity contribution is 0.181. The molecule has 0 bridgehead atoms. The van der Waals surface area contributed by atoms with Crippen LogP contribution in [0.4, 0.5) is 0 Å². The van der Waals surface area contributed by atoms with Crippen molar-refractivity contribution in [1.82, 2.24) is 19.7 Å². The first kappa shape index (κ1) is 13.0. The van der Waals surface area contributed by atoms with Crippen LogP contribution < -0.4 is 0 Å². The average Bonchev–Trinajstić information content (AvgIpc) is 2.75. The fourth-order valence-electron chi connectivity index (χ4n) is 1.68. The van der Waals surface area contributed by atoms with E-state index in [-0.39, 0.29) is 5.92 Å². The van der Waals surface area contributed by atoms with Crippen LogP contribution >= 0.6 is 11.6 Å². The van der Waals surface area contributed by atoms with E-state index >= 15 is 0 Å². The van der Waals surface area contributed by atoms with Crippen molar-refractivity contribution in [2.45, 2.75) is 12.8 Å². The third-order valence-corrected chi connectivity index (χ3v) is 2.76. The summed E-state index contributed by atoms with van der Waals surface area (Å²) in [6.45, 7) is 2.56. The molecule has 2 aromatic heterocycles. The smallest absolute Gasteiger partial charge is 0.135 e. The molecular weight excluding hydrogens is 252 g/mol. The summed E-state index contributed by atoms with van der Waals surface area (Å²) in [4.78, 5) is 8.74. The molecular formula is C12H15ClN4O. The Morgan fingerprint density at radius 3 is 2.83 bits per heavy atom. The maximum absolute atomic E-state index is 6.03. The van der Waals surface area contributed by atoms with Gasteiger partial charge in [0.05, 0.1) is 18.5 Å². The van der Waals surface area contributed by atoms with Crippen LogP contribution in [0.25, 0.3) is 11.3 Å². The number of ether oxygens (including phenoxy) is 1. The Hall–Kier alpha value is -1.46. The normalized spacial score (nSPS) is 12.7. The molecule has 0 fully saturated rings. The molecule has 0 aliphatic carbocycles. The Labute approximate surface area is 111 Å². The second-order valence-corrected chi connectivity index (χ2v) is 4.58. The van der Waals surface area contributed by atoms with Crippen LogP contribution in [-0.4, -0.2) is 33.5 Å². The highest BCUT2D eigenvalue weighted by molar-refractivity contribution is 6.29. The van der Waals surface area contributed by atoms with E-state index < -0.39 is 0 Å². The number of methoxy groups -OCH3 is 1. The Morgan fingerprint density at radius 1 is 1.44 bits per heavy atom. The Morgan fingerprint density at radius 2 is 2.22 bits per heavy atom. The largest absolute Gasteiger partial charge is 0.384 e. The van der Waals surface area contributed by atoms with Crippen molar-refractivity contribution >= 4 is 11.6 Å². The van der Waals surface area contributed by atoms with Gasteiger partial charge < -0.3 is 4.74 Å². The van der Waals surface area contributed by atoms with E-state index in [4.69, 9.17) is 16.3 Å². The van der Waals surface area contributed by atoms with Gasteiger partial charge in [0.2, 0.25) is 0 Å². The molecule has 18 heavy (non-hydrogen) atoms. The highest BCUT2D eigenvalue weighted by atomic mass is 35.5. The summed E-state index contributed by atoms with van der Waals surface area (Å²) < 4.78 is 6.83. The maximum Gasteiger partial charge on any atom is 0.135 e. The van der Waals surface area contributed by atoms with Gasteiger partial charge in [-0.3, -0.25) is 4.68 Å². The number of halogens is 1. The third-order valence-electron chi connectivity index (χ3n) is 2.57. The molecule has 0 saturated heterocycles. The average molecular weight is 267 g/mol. The zero-order valence-electron chi connectivity index (χ0n) is 10.6. The predicted octanol–water partition coefficient (Wildman–Crippen LogP) is 2.28. The predicted molar refractivity (Wildman–Crippen MR) is 69.5 cm³/mol. The number of hydrogen-bond donors (Lipinski definition) is 0. The van der Waals surface area contributed by atoms with Gasteiger partial charge in [0.1, 0.15) is 11.0 Å². The number of aryl methyl sites for hydroxylation is 1. The second kappa shape index (κ2) is 5.46. The number of rotatable bonds is 4. The zero-order chi connectivity index (χ0) is 13.1. The molecule has 5 nitrogen and oxygen atoms in total. The lowest BCUT2D eigenvalue weighted by Gasteiger charge is -2.10. The molecule has 2 heterocycles. The summed E-state index contributed by atoms with van der Waals surface area (Å²) in [5, 5.41) is 4.55. The minimum absolute atomic E-state index is 0.101. The molecule has 2 aromatic rings. The first-order valence-electron chi connectivity index (χ1n) is 5.62.